The van der Waals surface area contributed by atoms with Gasteiger partial charge in [-0.3, -0.25) is 4.79 Å². The summed E-state index contributed by atoms with van der Waals surface area (Å²) < 4.78 is 10.8. The number of piperazine rings is 1. The number of rotatable bonds is 5. The van der Waals surface area contributed by atoms with Crippen molar-refractivity contribution in [1.29, 1.82) is 0 Å². The molecule has 0 N–H and O–H groups in total. The molecule has 1 amide bonds. The first-order valence-corrected chi connectivity index (χ1v) is 10.1. The smallest absolute Gasteiger partial charge is 0.318 e. The summed E-state index contributed by atoms with van der Waals surface area (Å²) >= 11 is 0. The molecule has 2 aromatic rings. The zero-order chi connectivity index (χ0) is 19.5. The van der Waals surface area contributed by atoms with Gasteiger partial charge in [0.15, 0.2) is 0 Å². The Morgan fingerprint density at radius 2 is 1.79 bits per heavy atom. The van der Waals surface area contributed by atoms with Gasteiger partial charge in [0.25, 0.3) is 0 Å². The molecule has 0 radical (unpaired) electrons. The normalized spacial score (nSPS) is 19.1. The predicted octanol–water partition coefficient (Wildman–Crippen LogP) is 3.01. The molecular weight excluding hydrogens is 356 g/mol. The molecule has 2 aliphatic rings. The van der Waals surface area contributed by atoms with E-state index in [4.69, 9.17) is 9.15 Å². The van der Waals surface area contributed by atoms with Crippen molar-refractivity contribution < 1.29 is 13.9 Å². The summed E-state index contributed by atoms with van der Waals surface area (Å²) in [7, 11) is 1.67. The number of nitrogens with zero attached hydrogens (tertiary/aromatic N) is 4. The second-order valence-electron chi connectivity index (χ2n) is 7.71. The van der Waals surface area contributed by atoms with E-state index in [2.05, 4.69) is 27.2 Å². The SMILES string of the molecule is COc1ccc(C(C(=O)N2CCN(c3nnc(C)o3)CC2)C2CCCC2)cc1. The Morgan fingerprint density at radius 3 is 2.36 bits per heavy atom. The Hall–Kier alpha value is -2.57. The quantitative estimate of drug-likeness (QED) is 0.789. The summed E-state index contributed by atoms with van der Waals surface area (Å²) in [5.41, 5.74) is 1.10. The maximum atomic E-state index is 13.5. The van der Waals surface area contributed by atoms with E-state index in [-0.39, 0.29) is 11.8 Å². The van der Waals surface area contributed by atoms with Crippen LogP contribution in [-0.2, 0) is 4.79 Å². The van der Waals surface area contributed by atoms with Crippen LogP contribution < -0.4 is 9.64 Å². The molecule has 1 atom stereocenters. The molecule has 1 aliphatic carbocycles. The summed E-state index contributed by atoms with van der Waals surface area (Å²) in [5, 5.41) is 8.00. The molecule has 2 fully saturated rings. The van der Waals surface area contributed by atoms with Gasteiger partial charge in [-0.25, -0.2) is 0 Å². The molecule has 150 valence electrons. The molecule has 1 aromatic carbocycles. The van der Waals surface area contributed by atoms with E-state index < -0.39 is 0 Å². The van der Waals surface area contributed by atoms with Gasteiger partial charge in [0.1, 0.15) is 5.75 Å². The molecule has 7 heteroatoms. The van der Waals surface area contributed by atoms with Gasteiger partial charge in [-0.05, 0) is 36.5 Å². The number of anilines is 1. The Balaban J connectivity index is 1.47. The highest BCUT2D eigenvalue weighted by atomic mass is 16.5. The molecule has 1 unspecified atom stereocenters. The standard InChI is InChI=1S/C21H28N4O3/c1-15-22-23-21(28-15)25-13-11-24(12-14-25)20(26)19(16-5-3-4-6-16)17-7-9-18(27-2)10-8-17/h7-10,16,19H,3-6,11-14H2,1-2H3. The largest absolute Gasteiger partial charge is 0.497 e. The minimum Gasteiger partial charge on any atom is -0.497 e. The van der Waals surface area contributed by atoms with Crippen molar-refractivity contribution in [3.05, 3.63) is 35.7 Å². The summed E-state index contributed by atoms with van der Waals surface area (Å²) in [6.45, 7) is 4.58. The molecule has 7 nitrogen and oxygen atoms in total. The molecular formula is C21H28N4O3. The van der Waals surface area contributed by atoms with Gasteiger partial charge in [-0.2, -0.15) is 0 Å². The molecule has 1 saturated heterocycles. The van der Waals surface area contributed by atoms with E-state index in [9.17, 15) is 4.79 Å². The Morgan fingerprint density at radius 1 is 1.11 bits per heavy atom. The second kappa shape index (κ2) is 8.20. The monoisotopic (exact) mass is 384 g/mol. The zero-order valence-electron chi connectivity index (χ0n) is 16.6. The summed E-state index contributed by atoms with van der Waals surface area (Å²) in [4.78, 5) is 17.6. The van der Waals surface area contributed by atoms with Crippen molar-refractivity contribution in [3.63, 3.8) is 0 Å². The molecule has 1 aromatic heterocycles. The Kier molecular flexibility index (Phi) is 5.50. The number of methoxy groups -OCH3 is 1. The number of ether oxygens (including phenoxy) is 1. The fourth-order valence-electron chi connectivity index (χ4n) is 4.45. The van der Waals surface area contributed by atoms with Gasteiger partial charge in [0.2, 0.25) is 11.8 Å². The number of aromatic nitrogens is 2. The highest BCUT2D eigenvalue weighted by Gasteiger charge is 2.36. The van der Waals surface area contributed by atoms with Crippen molar-refractivity contribution in [1.82, 2.24) is 15.1 Å². The average molecular weight is 384 g/mol. The van der Waals surface area contributed by atoms with E-state index in [1.54, 1.807) is 14.0 Å². The van der Waals surface area contributed by atoms with E-state index >= 15 is 0 Å². The lowest BCUT2D eigenvalue weighted by molar-refractivity contribution is -0.134. The Bertz CT molecular complexity index is 790. The van der Waals surface area contributed by atoms with Crippen LogP contribution in [0.25, 0.3) is 0 Å². The van der Waals surface area contributed by atoms with Crippen LogP contribution in [-0.4, -0.2) is 54.3 Å². The highest BCUT2D eigenvalue weighted by Crippen LogP contribution is 2.39. The molecule has 1 saturated carbocycles. The van der Waals surface area contributed by atoms with Gasteiger partial charge in [0, 0.05) is 33.1 Å². The van der Waals surface area contributed by atoms with Crippen LogP contribution in [0, 0.1) is 12.8 Å². The number of amides is 1. The zero-order valence-corrected chi connectivity index (χ0v) is 16.6. The second-order valence-corrected chi connectivity index (χ2v) is 7.71. The predicted molar refractivity (Wildman–Crippen MR) is 106 cm³/mol. The molecule has 0 bridgehead atoms. The minimum atomic E-state index is -0.0643. The fourth-order valence-corrected chi connectivity index (χ4v) is 4.45. The number of carbonyl (C=O) groups is 1. The fraction of sp³-hybridized carbons (Fsp3) is 0.571. The number of benzene rings is 1. The van der Waals surface area contributed by atoms with Gasteiger partial charge in [-0.15, -0.1) is 5.10 Å². The number of hydrogen-bond donors (Lipinski definition) is 0. The van der Waals surface area contributed by atoms with Gasteiger partial charge in [0.05, 0.1) is 13.0 Å². The number of carbonyl (C=O) groups excluding carboxylic acids is 1. The van der Waals surface area contributed by atoms with Crippen LogP contribution in [0.5, 0.6) is 5.75 Å². The van der Waals surface area contributed by atoms with E-state index in [1.807, 2.05) is 17.0 Å². The first-order chi connectivity index (χ1) is 13.7. The summed E-state index contributed by atoms with van der Waals surface area (Å²) in [5.74, 6) is 2.00. The highest BCUT2D eigenvalue weighted by molar-refractivity contribution is 5.84. The maximum Gasteiger partial charge on any atom is 0.318 e. The third-order valence-electron chi connectivity index (χ3n) is 5.99. The number of aryl methyl sites for hydroxylation is 1. The first-order valence-electron chi connectivity index (χ1n) is 10.1. The van der Waals surface area contributed by atoms with Crippen LogP contribution in [0.15, 0.2) is 28.7 Å². The van der Waals surface area contributed by atoms with Crippen LogP contribution in [0.4, 0.5) is 6.01 Å². The maximum absolute atomic E-state index is 13.5. The average Bonchev–Trinajstić information content (AvgIpc) is 3.41. The lowest BCUT2D eigenvalue weighted by Gasteiger charge is -2.37. The lowest BCUT2D eigenvalue weighted by Crippen LogP contribution is -2.50. The first kappa shape index (κ1) is 18.8. The molecule has 28 heavy (non-hydrogen) atoms. The van der Waals surface area contributed by atoms with Crippen molar-refractivity contribution in [3.8, 4) is 5.75 Å². The van der Waals surface area contributed by atoms with Gasteiger partial charge in [-0.1, -0.05) is 30.1 Å². The molecule has 4 rings (SSSR count). The van der Waals surface area contributed by atoms with E-state index in [0.717, 1.165) is 24.2 Å². The van der Waals surface area contributed by atoms with Crippen LogP contribution >= 0.6 is 0 Å². The van der Waals surface area contributed by atoms with E-state index in [1.165, 1.54) is 12.8 Å². The van der Waals surface area contributed by atoms with Crippen molar-refractivity contribution in [2.75, 3.05) is 38.2 Å². The molecule has 1 aliphatic heterocycles. The molecule has 2 heterocycles. The van der Waals surface area contributed by atoms with Gasteiger partial charge >= 0.3 is 6.01 Å². The third kappa shape index (κ3) is 3.84. The summed E-state index contributed by atoms with van der Waals surface area (Å²) in [6.07, 6.45) is 4.69. The van der Waals surface area contributed by atoms with E-state index in [0.29, 0.717) is 44.0 Å². The van der Waals surface area contributed by atoms with Gasteiger partial charge < -0.3 is 19.0 Å². The topological polar surface area (TPSA) is 71.7 Å². The lowest BCUT2D eigenvalue weighted by atomic mass is 9.83. The van der Waals surface area contributed by atoms with Crippen LogP contribution in [0.1, 0.15) is 43.1 Å². The van der Waals surface area contributed by atoms with Crippen molar-refractivity contribution in [2.45, 2.75) is 38.5 Å². The van der Waals surface area contributed by atoms with Crippen LogP contribution in [0.3, 0.4) is 0 Å². The number of hydrogen-bond acceptors (Lipinski definition) is 6. The van der Waals surface area contributed by atoms with Crippen LogP contribution in [0.2, 0.25) is 0 Å². The summed E-state index contributed by atoms with van der Waals surface area (Å²) in [6, 6.07) is 8.57. The van der Waals surface area contributed by atoms with Crippen molar-refractivity contribution in [2.24, 2.45) is 5.92 Å². The Labute approximate surface area is 165 Å². The third-order valence-corrected chi connectivity index (χ3v) is 5.99. The van der Waals surface area contributed by atoms with Crippen molar-refractivity contribution >= 4 is 11.9 Å². The molecule has 0 spiro atoms. The minimum absolute atomic E-state index is 0.0643.